The van der Waals surface area contributed by atoms with Crippen molar-refractivity contribution in [3.05, 3.63) is 82.0 Å². The maximum absolute atomic E-state index is 13.3. The first-order valence-electron chi connectivity index (χ1n) is 13.5. The van der Waals surface area contributed by atoms with Crippen LogP contribution in [0.2, 0.25) is 0 Å². The fourth-order valence-corrected chi connectivity index (χ4v) is 5.52. The van der Waals surface area contributed by atoms with Crippen LogP contribution < -0.4 is 21.4 Å². The number of rotatable bonds is 4. The normalized spacial score (nSPS) is 16.5. The van der Waals surface area contributed by atoms with E-state index >= 15 is 0 Å². The van der Waals surface area contributed by atoms with Crippen LogP contribution in [0.15, 0.2) is 59.9 Å². The molecule has 39 heavy (non-hydrogen) atoms. The molecule has 0 spiro atoms. The van der Waals surface area contributed by atoms with Gasteiger partial charge < -0.3 is 9.88 Å². The van der Waals surface area contributed by atoms with Crippen molar-refractivity contribution in [3.8, 4) is 17.1 Å². The maximum Gasteiger partial charge on any atom is 0.416 e. The van der Waals surface area contributed by atoms with Crippen LogP contribution >= 0.6 is 0 Å². The lowest BCUT2D eigenvalue weighted by atomic mass is 9.96. The fourth-order valence-electron chi connectivity index (χ4n) is 5.52. The van der Waals surface area contributed by atoms with Gasteiger partial charge in [0.25, 0.3) is 0 Å². The highest BCUT2D eigenvalue weighted by molar-refractivity contribution is 5.70. The molecule has 2 aromatic rings. The number of fused-ring (bicyclic) bond motifs is 2. The smallest absolute Gasteiger partial charge is 0.352 e. The molecule has 0 amide bonds. The summed E-state index contributed by atoms with van der Waals surface area (Å²) in [6, 6.07) is 11.7. The van der Waals surface area contributed by atoms with E-state index in [2.05, 4.69) is 22.5 Å². The number of nitrogens with zero attached hydrogens (tertiary/aromatic N) is 4. The summed E-state index contributed by atoms with van der Waals surface area (Å²) < 4.78 is 42.0. The molecule has 1 fully saturated rings. The molecule has 6 rings (SSSR count). The van der Waals surface area contributed by atoms with Gasteiger partial charge in [0, 0.05) is 11.9 Å². The zero-order valence-corrected chi connectivity index (χ0v) is 21.8. The van der Waals surface area contributed by atoms with Crippen molar-refractivity contribution in [1.29, 1.82) is 0 Å². The first kappa shape index (κ1) is 25.3. The standard InChI is InChI=1S/C31H30F3N5/c1-20-15-23(19-35-18-20)37-26-16-28-30(17-27(26)36-22-7-3-2-4-8-22)39(29-10-6-5-9-25(29)38-28)24-13-11-21(12-14-24)31(32,33)34/h9-19,22,37H,2-8H2,1H3. The first-order chi connectivity index (χ1) is 18.8. The lowest BCUT2D eigenvalue weighted by molar-refractivity contribution is -0.137. The van der Waals surface area contributed by atoms with E-state index < -0.39 is 11.7 Å². The van der Waals surface area contributed by atoms with Crippen LogP contribution in [0.3, 0.4) is 0 Å². The Morgan fingerprint density at radius 1 is 0.949 bits per heavy atom. The Balaban J connectivity index is 1.59. The number of benzene rings is 2. The Bertz CT molecular complexity index is 1660. The van der Waals surface area contributed by atoms with Crippen molar-refractivity contribution in [3.63, 3.8) is 0 Å². The number of aromatic nitrogens is 3. The average Bonchev–Trinajstić information content (AvgIpc) is 2.92. The summed E-state index contributed by atoms with van der Waals surface area (Å²) in [7, 11) is 0. The van der Waals surface area contributed by atoms with Gasteiger partial charge in [0.1, 0.15) is 0 Å². The fraction of sp³-hybridized carbons (Fsp3) is 0.323. The monoisotopic (exact) mass is 529 g/mol. The number of halogens is 3. The molecule has 0 radical (unpaired) electrons. The van der Waals surface area contributed by atoms with Crippen molar-refractivity contribution < 1.29 is 13.2 Å². The van der Waals surface area contributed by atoms with Crippen LogP contribution in [0.5, 0.6) is 0 Å². The summed E-state index contributed by atoms with van der Waals surface area (Å²) in [5.74, 6) is 0. The van der Waals surface area contributed by atoms with E-state index in [1.807, 2.05) is 35.9 Å². The number of hydrogen-bond acceptors (Lipinski definition) is 4. The second-order valence-corrected chi connectivity index (χ2v) is 10.4. The molecular formula is C31H30F3N5. The molecule has 0 bridgehead atoms. The van der Waals surface area contributed by atoms with Gasteiger partial charge in [-0.3, -0.25) is 9.98 Å². The summed E-state index contributed by atoms with van der Waals surface area (Å²) >= 11 is 0. The topological polar surface area (TPSA) is 55.1 Å². The van der Waals surface area contributed by atoms with Crippen molar-refractivity contribution in [2.75, 3.05) is 5.32 Å². The molecular weight excluding hydrogens is 499 g/mol. The number of aryl methyl sites for hydroxylation is 1. The lowest BCUT2D eigenvalue weighted by Gasteiger charge is -2.22. The van der Waals surface area contributed by atoms with Crippen LogP contribution in [0, 0.1) is 6.92 Å². The zero-order valence-electron chi connectivity index (χ0n) is 21.8. The van der Waals surface area contributed by atoms with E-state index in [4.69, 9.17) is 9.98 Å². The van der Waals surface area contributed by atoms with Crippen LogP contribution in [-0.4, -0.2) is 20.6 Å². The third kappa shape index (κ3) is 5.33. The average molecular weight is 530 g/mol. The van der Waals surface area contributed by atoms with Gasteiger partial charge in [-0.05, 0) is 80.6 Å². The summed E-state index contributed by atoms with van der Waals surface area (Å²) in [5, 5.41) is 6.04. The molecule has 1 N–H and O–H groups in total. The number of alkyl halides is 3. The molecule has 2 heterocycles. The quantitative estimate of drug-likeness (QED) is 0.351. The van der Waals surface area contributed by atoms with Crippen LogP contribution in [-0.2, 0) is 6.18 Å². The number of anilines is 2. The number of pyridine rings is 1. The van der Waals surface area contributed by atoms with Gasteiger partial charge in [-0.1, -0.05) is 31.4 Å². The minimum absolute atomic E-state index is 0.234. The van der Waals surface area contributed by atoms with Gasteiger partial charge >= 0.3 is 6.18 Å². The molecule has 0 atom stereocenters. The predicted octanol–water partition coefficient (Wildman–Crippen LogP) is 6.03. The Morgan fingerprint density at radius 3 is 2.46 bits per heavy atom. The van der Waals surface area contributed by atoms with Gasteiger partial charge in [-0.2, -0.15) is 13.2 Å². The summed E-state index contributed by atoms with van der Waals surface area (Å²) in [6.45, 7) is 2.00. The van der Waals surface area contributed by atoms with E-state index in [1.54, 1.807) is 6.20 Å². The number of hydrogen-bond donors (Lipinski definition) is 1. The maximum atomic E-state index is 13.3. The highest BCUT2D eigenvalue weighted by Crippen LogP contribution is 2.31. The van der Waals surface area contributed by atoms with E-state index in [0.29, 0.717) is 5.69 Å². The molecule has 1 aromatic heterocycles. The van der Waals surface area contributed by atoms with Crippen molar-refractivity contribution >= 4 is 23.5 Å². The molecule has 0 saturated heterocycles. The second kappa shape index (κ2) is 10.3. The molecule has 0 unspecified atom stereocenters. The minimum Gasteiger partial charge on any atom is -0.352 e. The van der Waals surface area contributed by atoms with Crippen molar-refractivity contribution in [2.24, 2.45) is 4.99 Å². The molecule has 200 valence electrons. The third-order valence-electron chi connectivity index (χ3n) is 7.42. The highest BCUT2D eigenvalue weighted by atomic mass is 19.4. The molecule has 3 aliphatic carbocycles. The van der Waals surface area contributed by atoms with E-state index in [1.165, 1.54) is 18.6 Å². The molecule has 1 aromatic carbocycles. The van der Waals surface area contributed by atoms with Gasteiger partial charge in [-0.15, -0.1) is 0 Å². The molecule has 1 saturated carbocycles. The number of nitrogens with one attached hydrogen (secondary N) is 1. The van der Waals surface area contributed by atoms with Crippen molar-refractivity contribution in [1.82, 2.24) is 14.5 Å². The van der Waals surface area contributed by atoms with Crippen LogP contribution in [0.4, 0.5) is 24.5 Å². The first-order valence-corrected chi connectivity index (χ1v) is 13.5. The van der Waals surface area contributed by atoms with Crippen molar-refractivity contribution in [2.45, 2.75) is 64.1 Å². The lowest BCUT2D eigenvalue weighted by Crippen LogP contribution is -2.40. The Morgan fingerprint density at radius 2 is 1.72 bits per heavy atom. The van der Waals surface area contributed by atoms with Gasteiger partial charge in [0.05, 0.1) is 56.6 Å². The largest absolute Gasteiger partial charge is 0.416 e. The van der Waals surface area contributed by atoms with Gasteiger partial charge in [-0.25, -0.2) is 4.98 Å². The third-order valence-corrected chi connectivity index (χ3v) is 7.42. The minimum atomic E-state index is -4.39. The molecule has 5 nitrogen and oxygen atoms in total. The van der Waals surface area contributed by atoms with Crippen LogP contribution in [0.1, 0.15) is 56.1 Å². The van der Waals surface area contributed by atoms with E-state index in [0.717, 1.165) is 95.0 Å². The molecule has 8 heteroatoms. The van der Waals surface area contributed by atoms with E-state index in [9.17, 15) is 13.2 Å². The highest BCUT2D eigenvalue weighted by Gasteiger charge is 2.30. The van der Waals surface area contributed by atoms with Gasteiger partial charge in [0.15, 0.2) is 0 Å². The predicted molar refractivity (Wildman–Crippen MR) is 147 cm³/mol. The van der Waals surface area contributed by atoms with E-state index in [-0.39, 0.29) is 6.04 Å². The Labute approximate surface area is 224 Å². The molecule has 1 aliphatic heterocycles. The summed E-state index contributed by atoms with van der Waals surface area (Å²) in [5.41, 5.74) is 4.29. The second-order valence-electron chi connectivity index (χ2n) is 10.4. The Kier molecular flexibility index (Phi) is 6.71. The SMILES string of the molecule is Cc1cncc(Nc2cc3nc4c(n(-c5ccc(C(F)(F)F)cc5)c-3cc2=NC2CCCCC2)=CCCC=4)c1. The molecule has 4 aliphatic rings. The summed E-state index contributed by atoms with van der Waals surface area (Å²) in [4.78, 5) is 14.5. The Hall–Kier alpha value is -3.94. The summed E-state index contributed by atoms with van der Waals surface area (Å²) in [6.07, 6.45) is 10.8. The van der Waals surface area contributed by atoms with Gasteiger partial charge in [0.2, 0.25) is 0 Å². The zero-order chi connectivity index (χ0) is 27.0. The van der Waals surface area contributed by atoms with Crippen LogP contribution in [0.25, 0.3) is 29.2 Å².